The summed E-state index contributed by atoms with van der Waals surface area (Å²) in [5.74, 6) is -0.255. The lowest BCUT2D eigenvalue weighted by molar-refractivity contribution is -0.151. The first-order valence-electron chi connectivity index (χ1n) is 8.91. The Bertz CT molecular complexity index is 671. The van der Waals surface area contributed by atoms with Crippen LogP contribution in [0.5, 0.6) is 5.75 Å². The van der Waals surface area contributed by atoms with Gasteiger partial charge in [0.2, 0.25) is 5.91 Å². The van der Waals surface area contributed by atoms with Crippen molar-refractivity contribution in [2.75, 3.05) is 13.1 Å². The molecular weight excluding hydrogens is 347 g/mol. The number of halogens is 3. The third-order valence-corrected chi connectivity index (χ3v) is 5.29. The highest BCUT2D eigenvalue weighted by Gasteiger charge is 2.44. The molecule has 0 spiro atoms. The molecule has 7 heteroatoms. The number of benzene rings is 1. The molecule has 2 aliphatic rings. The zero-order valence-electron chi connectivity index (χ0n) is 15.0. The summed E-state index contributed by atoms with van der Waals surface area (Å²) in [4.78, 5) is 14.1. The smallest absolute Gasteiger partial charge is 0.420 e. The summed E-state index contributed by atoms with van der Waals surface area (Å²) in [6, 6.07) is 4.33. The third-order valence-electron chi connectivity index (χ3n) is 5.29. The first kappa shape index (κ1) is 19.0. The van der Waals surface area contributed by atoms with Crippen molar-refractivity contribution in [2.24, 2.45) is 5.92 Å². The summed E-state index contributed by atoms with van der Waals surface area (Å²) in [6.07, 6.45) is -2.86. The lowest BCUT2D eigenvalue weighted by Crippen LogP contribution is -2.51. The molecule has 1 saturated heterocycles. The third kappa shape index (κ3) is 3.98. The van der Waals surface area contributed by atoms with Crippen LogP contribution in [0.1, 0.15) is 43.7 Å². The quantitative estimate of drug-likeness (QED) is 0.884. The van der Waals surface area contributed by atoms with Crippen LogP contribution in [0.2, 0.25) is 0 Å². The Morgan fingerprint density at radius 2 is 1.88 bits per heavy atom. The van der Waals surface area contributed by atoms with Crippen LogP contribution in [-0.4, -0.2) is 40.7 Å². The van der Waals surface area contributed by atoms with Crippen LogP contribution >= 0.6 is 0 Å². The Morgan fingerprint density at radius 1 is 1.27 bits per heavy atom. The maximum absolute atomic E-state index is 13.3. The molecule has 0 aromatic heterocycles. The molecule has 2 fully saturated rings. The van der Waals surface area contributed by atoms with Crippen LogP contribution in [0.3, 0.4) is 0 Å². The van der Waals surface area contributed by atoms with Crippen LogP contribution in [0.4, 0.5) is 13.2 Å². The Balaban J connectivity index is 1.58. The molecule has 1 aromatic carbocycles. The average molecular weight is 371 g/mol. The van der Waals surface area contributed by atoms with Crippen molar-refractivity contribution in [1.29, 1.82) is 0 Å². The molecule has 1 heterocycles. The minimum Gasteiger partial charge on any atom is -0.490 e. The van der Waals surface area contributed by atoms with Crippen molar-refractivity contribution in [3.8, 4) is 5.75 Å². The summed E-state index contributed by atoms with van der Waals surface area (Å²) in [6.45, 7) is 4.08. The van der Waals surface area contributed by atoms with E-state index >= 15 is 0 Å². The molecule has 144 valence electrons. The molecule has 4 nitrogen and oxygen atoms in total. The van der Waals surface area contributed by atoms with Crippen molar-refractivity contribution in [1.82, 2.24) is 4.90 Å². The largest absolute Gasteiger partial charge is 0.490 e. The van der Waals surface area contributed by atoms with Crippen LogP contribution in [0, 0.1) is 12.8 Å². The number of hydrogen-bond acceptors (Lipinski definition) is 3. The van der Waals surface area contributed by atoms with Crippen LogP contribution in [0.15, 0.2) is 18.2 Å². The second-order valence-corrected chi connectivity index (χ2v) is 7.69. The number of hydrogen-bond donors (Lipinski definition) is 1. The first-order chi connectivity index (χ1) is 12.1. The minimum absolute atomic E-state index is 0.0292. The van der Waals surface area contributed by atoms with Gasteiger partial charge in [0.25, 0.3) is 0 Å². The molecule has 0 unspecified atom stereocenters. The molecule has 1 aromatic rings. The zero-order chi connectivity index (χ0) is 19.1. The van der Waals surface area contributed by atoms with E-state index in [0.29, 0.717) is 38.8 Å². The summed E-state index contributed by atoms with van der Waals surface area (Å²) >= 11 is 0. The van der Waals surface area contributed by atoms with Gasteiger partial charge >= 0.3 is 6.18 Å². The number of carbonyl (C=O) groups is 1. The van der Waals surface area contributed by atoms with Crippen molar-refractivity contribution in [3.63, 3.8) is 0 Å². The molecule has 1 saturated carbocycles. The van der Waals surface area contributed by atoms with Crippen LogP contribution < -0.4 is 4.74 Å². The average Bonchev–Trinajstić information content (AvgIpc) is 2.51. The van der Waals surface area contributed by atoms with E-state index in [9.17, 15) is 23.1 Å². The Morgan fingerprint density at radius 3 is 2.42 bits per heavy atom. The molecule has 26 heavy (non-hydrogen) atoms. The Hall–Kier alpha value is -1.76. The molecule has 3 rings (SSSR count). The van der Waals surface area contributed by atoms with Crippen molar-refractivity contribution < 1.29 is 27.8 Å². The highest BCUT2D eigenvalue weighted by molar-refractivity contribution is 5.80. The second-order valence-electron chi connectivity index (χ2n) is 7.69. The van der Waals surface area contributed by atoms with E-state index < -0.39 is 17.3 Å². The number of aliphatic hydroxyl groups is 1. The highest BCUT2D eigenvalue weighted by atomic mass is 19.4. The van der Waals surface area contributed by atoms with Gasteiger partial charge in [-0.15, -0.1) is 0 Å². The molecule has 0 bridgehead atoms. The van der Waals surface area contributed by atoms with E-state index in [1.54, 1.807) is 17.9 Å². The van der Waals surface area contributed by atoms with Crippen molar-refractivity contribution >= 4 is 5.91 Å². The van der Waals surface area contributed by atoms with E-state index in [4.69, 9.17) is 4.74 Å². The molecule has 1 N–H and O–H groups in total. The predicted octanol–water partition coefficient (Wildman–Crippen LogP) is 3.54. The fourth-order valence-electron chi connectivity index (χ4n) is 3.91. The maximum atomic E-state index is 13.3. The van der Waals surface area contributed by atoms with Gasteiger partial charge in [0.15, 0.2) is 0 Å². The topological polar surface area (TPSA) is 49.8 Å². The van der Waals surface area contributed by atoms with E-state index in [0.717, 1.165) is 0 Å². The standard InChI is InChI=1S/C19H24F3NO3/c1-12-4-3-5-15(16(12)19(20,21)22)26-14-6-8-23(9-7-14)17(24)13-10-18(2,25)11-13/h3-5,13-14,25H,6-11H2,1-2H3. The number of alkyl halides is 3. The molecule has 0 atom stereocenters. The molecule has 1 aliphatic heterocycles. The van der Waals surface area contributed by atoms with Crippen LogP contribution in [-0.2, 0) is 11.0 Å². The van der Waals surface area contributed by atoms with Gasteiger partial charge in [-0.3, -0.25) is 4.79 Å². The van der Waals surface area contributed by atoms with Crippen molar-refractivity contribution in [2.45, 2.75) is 57.4 Å². The number of nitrogens with zero attached hydrogens (tertiary/aromatic N) is 1. The van der Waals surface area contributed by atoms with E-state index in [-0.39, 0.29) is 29.2 Å². The molecule has 1 aliphatic carbocycles. The second kappa shape index (κ2) is 6.76. The lowest BCUT2D eigenvalue weighted by atomic mass is 9.71. The fourth-order valence-corrected chi connectivity index (χ4v) is 3.91. The lowest BCUT2D eigenvalue weighted by Gasteiger charge is -2.43. The summed E-state index contributed by atoms with van der Waals surface area (Å²) in [5.41, 5.74) is -1.34. The van der Waals surface area contributed by atoms with Gasteiger partial charge in [-0.05, 0) is 38.3 Å². The van der Waals surface area contributed by atoms with E-state index in [1.165, 1.54) is 19.1 Å². The predicted molar refractivity (Wildman–Crippen MR) is 89.8 cm³/mol. The summed E-state index contributed by atoms with van der Waals surface area (Å²) in [7, 11) is 0. The monoisotopic (exact) mass is 371 g/mol. The van der Waals surface area contributed by atoms with Gasteiger partial charge in [-0.2, -0.15) is 13.2 Å². The number of aryl methyl sites for hydroxylation is 1. The van der Waals surface area contributed by atoms with E-state index in [2.05, 4.69) is 0 Å². The van der Waals surface area contributed by atoms with Gasteiger partial charge in [0.1, 0.15) is 17.4 Å². The van der Waals surface area contributed by atoms with Crippen molar-refractivity contribution in [3.05, 3.63) is 29.3 Å². The SMILES string of the molecule is Cc1cccc(OC2CCN(C(=O)C3CC(C)(O)C3)CC2)c1C(F)(F)F. The maximum Gasteiger partial charge on any atom is 0.420 e. The number of amides is 1. The molecule has 0 radical (unpaired) electrons. The van der Waals surface area contributed by atoms with Gasteiger partial charge in [0.05, 0.1) is 5.60 Å². The number of carbonyl (C=O) groups excluding carboxylic acids is 1. The number of piperidine rings is 1. The first-order valence-corrected chi connectivity index (χ1v) is 8.91. The number of rotatable bonds is 3. The van der Waals surface area contributed by atoms with Crippen LogP contribution in [0.25, 0.3) is 0 Å². The summed E-state index contributed by atoms with van der Waals surface area (Å²) < 4.78 is 45.5. The normalized spacial score (nSPS) is 27.2. The highest BCUT2D eigenvalue weighted by Crippen LogP contribution is 2.40. The molecule has 1 amide bonds. The summed E-state index contributed by atoms with van der Waals surface area (Å²) in [5, 5.41) is 9.77. The zero-order valence-corrected chi connectivity index (χ0v) is 15.0. The molecular formula is C19H24F3NO3. The van der Waals surface area contributed by atoms with Gasteiger partial charge < -0.3 is 14.7 Å². The fraction of sp³-hybridized carbons (Fsp3) is 0.632. The van der Waals surface area contributed by atoms with Gasteiger partial charge in [0, 0.05) is 31.8 Å². The van der Waals surface area contributed by atoms with Gasteiger partial charge in [-0.25, -0.2) is 0 Å². The minimum atomic E-state index is -4.46. The number of likely N-dealkylation sites (tertiary alicyclic amines) is 1. The van der Waals surface area contributed by atoms with Gasteiger partial charge in [-0.1, -0.05) is 12.1 Å². The van der Waals surface area contributed by atoms with E-state index in [1.807, 2.05) is 0 Å². The number of ether oxygens (including phenoxy) is 1. The Kier molecular flexibility index (Phi) is 4.94. The Labute approximate surface area is 150 Å².